The molecule has 0 aromatic heterocycles. The molecule has 1 aliphatic carbocycles. The van der Waals surface area contributed by atoms with E-state index in [4.69, 9.17) is 52.1 Å². The number of rotatable bonds is 9. The van der Waals surface area contributed by atoms with Gasteiger partial charge in [-0.25, -0.2) is 0 Å². The Labute approximate surface area is 384 Å². The van der Waals surface area contributed by atoms with Crippen molar-refractivity contribution in [3.8, 4) is 0 Å². The lowest BCUT2D eigenvalue weighted by molar-refractivity contribution is -0.319. The highest BCUT2D eigenvalue weighted by Gasteiger charge is 2.60. The fourth-order valence-electron chi connectivity index (χ4n) is 10.9. The number of fused-ring (bicyclic) bond motifs is 2. The molecule has 0 radical (unpaired) electrons. The zero-order valence-electron chi connectivity index (χ0n) is 40.1. The van der Waals surface area contributed by atoms with E-state index >= 15 is 0 Å². The molecule has 0 saturated carbocycles. The van der Waals surface area contributed by atoms with Gasteiger partial charge in [0.2, 0.25) is 0 Å². The molecule has 2 N–H and O–H groups in total. The van der Waals surface area contributed by atoms with Crippen LogP contribution in [-0.2, 0) is 61.7 Å². The summed E-state index contributed by atoms with van der Waals surface area (Å²) in [6.07, 6.45) is 8.44. The van der Waals surface area contributed by atoms with E-state index in [1.54, 1.807) is 33.3 Å². The van der Waals surface area contributed by atoms with E-state index in [0.29, 0.717) is 36.8 Å². The molecule has 65 heavy (non-hydrogen) atoms. The number of aliphatic hydroxyl groups excluding tert-OH is 1. The zero-order valence-corrected chi connectivity index (χ0v) is 40.1. The fourth-order valence-corrected chi connectivity index (χ4v) is 10.9. The van der Waals surface area contributed by atoms with Gasteiger partial charge in [-0.15, -0.1) is 0 Å². The van der Waals surface area contributed by atoms with E-state index in [1.165, 1.54) is 6.92 Å². The molecule has 0 unspecified atom stereocenters. The summed E-state index contributed by atoms with van der Waals surface area (Å²) in [5.41, 5.74) is 0.101. The summed E-state index contributed by atoms with van der Waals surface area (Å²) in [6.45, 7) is 17.4. The largest absolute Gasteiger partial charge is 0.462 e. The summed E-state index contributed by atoms with van der Waals surface area (Å²) in [7, 11) is 3.22. The topological polar surface area (TPSA) is 176 Å². The van der Waals surface area contributed by atoms with Gasteiger partial charge in [0.1, 0.15) is 42.0 Å². The molecule has 7 aliphatic rings. The Kier molecular flexibility index (Phi) is 16.0. The Morgan fingerprint density at radius 3 is 2.26 bits per heavy atom. The van der Waals surface area contributed by atoms with E-state index in [0.717, 1.165) is 12.0 Å². The molecule has 4 saturated heterocycles. The lowest BCUT2D eigenvalue weighted by Gasteiger charge is -2.48. The predicted molar refractivity (Wildman–Crippen MR) is 237 cm³/mol. The number of carbonyl (C=O) groups excluding carboxylic acids is 2. The first kappa shape index (κ1) is 50.1. The Hall–Kier alpha value is -2.80. The third kappa shape index (κ3) is 10.6. The van der Waals surface area contributed by atoms with Gasteiger partial charge in [0, 0.05) is 58.7 Å². The van der Waals surface area contributed by atoms with Crippen molar-refractivity contribution in [2.24, 2.45) is 23.7 Å². The minimum atomic E-state index is -1.85. The standard InChI is InChI=1S/C50H74O15/c1-12-26(2)44-29(5)18-19-49(65-44)24-36-21-35(64-49)17-16-28(4)43(27(3)14-13-15-34-25-57-47-42(52)30(6)20-37(48(53)61-36)50(34,47)54)62-40-23-39(56-11)46(32(8)59-40)63-41-22-38(55-10)45(31(7)58-41)60-33(9)51/h13-16,18-20,26-27,29,31-32,35-47,52,54H,12,17,21-25H2,1-11H3/b14-13+,28-16+,34-15+/t26-,27-,29-,31-,32-,35+,36-,37-,38+,39+,40-,41-,42+,43-,44+,45-,46-,47+,49+,50+/m0/s1. The molecule has 15 nitrogen and oxygen atoms in total. The second-order valence-electron chi connectivity index (χ2n) is 19.5. The van der Waals surface area contributed by atoms with Crippen molar-refractivity contribution >= 4 is 11.9 Å². The van der Waals surface area contributed by atoms with E-state index in [-0.39, 0.29) is 36.9 Å². The SMILES string of the molecule is CC[C@H](C)[C@H]1O[C@]2(C=C[C@@H]1C)C[C@@H]1C[C@@H](C/C=C(\C)[C@@H](O[C@H]3C[C@@H](OC)[C@@H](O[C@H]4C[C@@H](OC)[C@@H](OC(C)=O)[C@H](C)O4)[C@H](C)O3)[C@@H](C)/C=C/C=C3\CO[C@@H]4[C@H](O)C(C)=C[C@@H](C(=O)O1)[C@]34O)O2. The maximum atomic E-state index is 14.4. The zero-order chi connectivity index (χ0) is 47.0. The summed E-state index contributed by atoms with van der Waals surface area (Å²) in [4.78, 5) is 26.2. The molecule has 4 fully saturated rings. The average molecular weight is 915 g/mol. The normalized spacial score (nSPS) is 47.3. The molecular formula is C50H74O15. The first-order valence-electron chi connectivity index (χ1n) is 23.7. The number of aliphatic hydroxyl groups is 2. The first-order chi connectivity index (χ1) is 30.9. The third-order valence-electron chi connectivity index (χ3n) is 14.8. The molecule has 15 heteroatoms. The van der Waals surface area contributed by atoms with Crippen LogP contribution in [0.2, 0.25) is 0 Å². The van der Waals surface area contributed by atoms with Crippen molar-refractivity contribution in [1.29, 1.82) is 0 Å². The van der Waals surface area contributed by atoms with Crippen LogP contribution in [0.1, 0.15) is 101 Å². The Balaban J connectivity index is 1.16. The van der Waals surface area contributed by atoms with Gasteiger partial charge >= 0.3 is 11.9 Å². The van der Waals surface area contributed by atoms with Crippen LogP contribution in [0.25, 0.3) is 0 Å². The minimum Gasteiger partial charge on any atom is -0.462 e. The van der Waals surface area contributed by atoms with Crippen LogP contribution < -0.4 is 0 Å². The lowest BCUT2D eigenvalue weighted by atomic mass is 9.71. The van der Waals surface area contributed by atoms with E-state index in [1.807, 2.05) is 39.0 Å². The predicted octanol–water partition coefficient (Wildman–Crippen LogP) is 5.95. The fraction of sp³-hybridized carbons (Fsp3) is 0.760. The number of esters is 2. The number of ether oxygens (including phenoxy) is 11. The van der Waals surface area contributed by atoms with Crippen LogP contribution in [0, 0.1) is 23.7 Å². The van der Waals surface area contributed by atoms with Crippen molar-refractivity contribution < 1.29 is 71.9 Å². The van der Waals surface area contributed by atoms with Crippen LogP contribution in [0.3, 0.4) is 0 Å². The summed E-state index contributed by atoms with van der Waals surface area (Å²) < 4.78 is 69.7. The molecule has 0 amide bonds. The highest BCUT2D eigenvalue weighted by Crippen LogP contribution is 2.47. The minimum absolute atomic E-state index is 0.0239. The molecule has 6 heterocycles. The van der Waals surface area contributed by atoms with Crippen LogP contribution in [0.4, 0.5) is 0 Å². The smallest absolute Gasteiger partial charge is 0.316 e. The Morgan fingerprint density at radius 2 is 1.58 bits per heavy atom. The summed E-state index contributed by atoms with van der Waals surface area (Å²) in [5.74, 6) is -3.02. The average Bonchev–Trinajstić information content (AvgIpc) is 3.61. The molecule has 364 valence electrons. The second-order valence-corrected chi connectivity index (χ2v) is 19.5. The van der Waals surface area contributed by atoms with Gasteiger partial charge in [-0.1, -0.05) is 70.6 Å². The third-order valence-corrected chi connectivity index (χ3v) is 14.8. The summed E-state index contributed by atoms with van der Waals surface area (Å²) in [6, 6.07) is 0. The van der Waals surface area contributed by atoms with E-state index in [9.17, 15) is 19.8 Å². The highest BCUT2D eigenvalue weighted by molar-refractivity contribution is 5.78. The van der Waals surface area contributed by atoms with Gasteiger partial charge in [-0.2, -0.15) is 0 Å². The van der Waals surface area contributed by atoms with Crippen molar-refractivity contribution in [2.75, 3.05) is 20.8 Å². The number of allylic oxidation sites excluding steroid dienone is 2. The van der Waals surface area contributed by atoms with Crippen molar-refractivity contribution in [2.45, 2.75) is 198 Å². The summed E-state index contributed by atoms with van der Waals surface area (Å²) >= 11 is 0. The van der Waals surface area contributed by atoms with E-state index in [2.05, 4.69) is 39.8 Å². The van der Waals surface area contributed by atoms with Crippen LogP contribution >= 0.6 is 0 Å². The van der Waals surface area contributed by atoms with Gasteiger partial charge in [0.15, 0.2) is 24.5 Å². The lowest BCUT2D eigenvalue weighted by Crippen LogP contribution is -2.58. The highest BCUT2D eigenvalue weighted by atomic mass is 16.7. The number of hydrogen-bond donors (Lipinski definition) is 2. The molecule has 0 aromatic rings. The molecule has 6 aliphatic heterocycles. The van der Waals surface area contributed by atoms with Gasteiger partial charge in [0.25, 0.3) is 0 Å². The maximum Gasteiger partial charge on any atom is 0.316 e. The Bertz CT molecular complexity index is 1840. The molecule has 1 spiro atoms. The van der Waals surface area contributed by atoms with Gasteiger partial charge < -0.3 is 62.3 Å². The molecular weight excluding hydrogens is 841 g/mol. The van der Waals surface area contributed by atoms with Crippen LogP contribution in [0.5, 0.6) is 0 Å². The van der Waals surface area contributed by atoms with Gasteiger partial charge in [-0.05, 0) is 62.8 Å². The van der Waals surface area contributed by atoms with Crippen LogP contribution in [-0.4, -0.2) is 140 Å². The van der Waals surface area contributed by atoms with Crippen molar-refractivity contribution in [3.63, 3.8) is 0 Å². The number of hydrogen-bond acceptors (Lipinski definition) is 15. The number of methoxy groups -OCH3 is 2. The quantitative estimate of drug-likeness (QED) is 0.205. The molecule has 2 bridgehead atoms. The maximum absolute atomic E-state index is 14.4. The first-order valence-corrected chi connectivity index (χ1v) is 23.7. The van der Waals surface area contributed by atoms with Gasteiger partial charge in [0.05, 0.1) is 43.2 Å². The molecule has 0 aromatic carbocycles. The Morgan fingerprint density at radius 1 is 0.908 bits per heavy atom. The monoisotopic (exact) mass is 915 g/mol. The molecule has 7 rings (SSSR count). The second kappa shape index (κ2) is 20.8. The van der Waals surface area contributed by atoms with Crippen LogP contribution in [0.15, 0.2) is 59.3 Å². The molecule has 20 atom stereocenters. The van der Waals surface area contributed by atoms with Crippen molar-refractivity contribution in [1.82, 2.24) is 0 Å². The summed E-state index contributed by atoms with van der Waals surface area (Å²) in [5, 5.41) is 23.8. The van der Waals surface area contributed by atoms with E-state index < -0.39 is 109 Å². The van der Waals surface area contributed by atoms with Crippen molar-refractivity contribution in [3.05, 3.63) is 59.3 Å². The van der Waals surface area contributed by atoms with Gasteiger partial charge in [-0.3, -0.25) is 9.59 Å². The number of carbonyl (C=O) groups is 2.